The fraction of sp³-hybridized carbons (Fsp3) is 0.385. The number of hydrogen-bond donors (Lipinski definition) is 2. The molecule has 4 aromatic rings. The molecule has 0 amide bonds. The van der Waals surface area contributed by atoms with Gasteiger partial charge >= 0.3 is 0 Å². The van der Waals surface area contributed by atoms with Crippen LogP contribution in [0.3, 0.4) is 0 Å². The number of imidazole rings is 1. The van der Waals surface area contributed by atoms with Crippen LogP contribution in [0.1, 0.15) is 12.8 Å². The van der Waals surface area contributed by atoms with Gasteiger partial charge in [0.2, 0.25) is 11.8 Å². The van der Waals surface area contributed by atoms with Crippen LogP contribution in [0, 0.1) is 0 Å². The lowest BCUT2D eigenvalue weighted by Crippen LogP contribution is -2.36. The number of pyridine rings is 2. The van der Waals surface area contributed by atoms with Crippen LogP contribution in [0.15, 0.2) is 55.1 Å². The fourth-order valence-corrected chi connectivity index (χ4v) is 4.57. The van der Waals surface area contributed by atoms with E-state index < -0.39 is 0 Å². The van der Waals surface area contributed by atoms with Crippen LogP contribution in [-0.4, -0.2) is 81.8 Å². The van der Waals surface area contributed by atoms with Crippen LogP contribution >= 0.6 is 0 Å². The average Bonchev–Trinajstić information content (AvgIpc) is 3.40. The first-order chi connectivity index (χ1) is 18.2. The van der Waals surface area contributed by atoms with Crippen LogP contribution in [0.25, 0.3) is 5.65 Å². The van der Waals surface area contributed by atoms with Crippen LogP contribution in [0.2, 0.25) is 0 Å². The number of aromatic nitrogens is 5. The lowest BCUT2D eigenvalue weighted by Gasteiger charge is -2.29. The lowest BCUT2D eigenvalue weighted by atomic mass is 10.1. The Morgan fingerprint density at radius 2 is 1.78 bits per heavy atom. The predicted octanol–water partition coefficient (Wildman–Crippen LogP) is 3.32. The Morgan fingerprint density at radius 3 is 2.59 bits per heavy atom. The highest BCUT2D eigenvalue weighted by molar-refractivity contribution is 5.66. The Balaban J connectivity index is 1.20. The number of nitrogens with one attached hydrogen (secondary N) is 2. The van der Waals surface area contributed by atoms with Gasteiger partial charge in [0, 0.05) is 68.7 Å². The van der Waals surface area contributed by atoms with Gasteiger partial charge in [-0.1, -0.05) is 0 Å². The van der Waals surface area contributed by atoms with Gasteiger partial charge in [-0.2, -0.15) is 9.97 Å². The standard InChI is InChI=1S/C26H31N9O2/c1-33-8-5-21(6-9-33)37-25-3-2-20(18-28-25)30-26-31-22(17-24(32-26)35-12-14-36-15-13-35)29-19-4-10-34-11-7-27-23(34)16-19/h2-4,7,10-11,16-18,21H,5-6,8-9,12-15H2,1H3,(H2,29,30,31,32). The van der Waals surface area contributed by atoms with Gasteiger partial charge in [0.1, 0.15) is 23.4 Å². The van der Waals surface area contributed by atoms with Gasteiger partial charge < -0.3 is 34.3 Å². The van der Waals surface area contributed by atoms with Crippen molar-refractivity contribution in [1.82, 2.24) is 29.2 Å². The molecule has 0 radical (unpaired) electrons. The molecule has 11 heteroatoms. The number of ether oxygens (including phenoxy) is 2. The van der Waals surface area contributed by atoms with Gasteiger partial charge in [-0.3, -0.25) is 0 Å². The molecule has 0 saturated carbocycles. The van der Waals surface area contributed by atoms with Crippen molar-refractivity contribution in [2.24, 2.45) is 0 Å². The van der Waals surface area contributed by atoms with Crippen molar-refractivity contribution in [3.05, 3.63) is 55.1 Å². The normalized spacial score (nSPS) is 17.2. The minimum atomic E-state index is 0.214. The van der Waals surface area contributed by atoms with E-state index in [4.69, 9.17) is 19.4 Å². The molecule has 0 atom stereocenters. The van der Waals surface area contributed by atoms with Gasteiger partial charge in [-0.05, 0) is 32.0 Å². The highest BCUT2D eigenvalue weighted by Gasteiger charge is 2.19. The summed E-state index contributed by atoms with van der Waals surface area (Å²) in [6.07, 6.45) is 9.67. The second-order valence-electron chi connectivity index (χ2n) is 9.40. The summed E-state index contributed by atoms with van der Waals surface area (Å²) in [5.41, 5.74) is 2.55. The van der Waals surface area contributed by atoms with E-state index in [9.17, 15) is 0 Å². The molecular weight excluding hydrogens is 470 g/mol. The smallest absolute Gasteiger partial charge is 0.231 e. The molecule has 4 aromatic heterocycles. The zero-order valence-electron chi connectivity index (χ0n) is 20.9. The summed E-state index contributed by atoms with van der Waals surface area (Å²) >= 11 is 0. The number of nitrogens with zero attached hydrogens (tertiary/aromatic N) is 7. The maximum Gasteiger partial charge on any atom is 0.231 e. The zero-order chi connectivity index (χ0) is 25.0. The molecule has 192 valence electrons. The van der Waals surface area contributed by atoms with Crippen molar-refractivity contribution < 1.29 is 9.47 Å². The van der Waals surface area contributed by atoms with E-state index in [2.05, 4.69) is 37.4 Å². The Kier molecular flexibility index (Phi) is 6.70. The van der Waals surface area contributed by atoms with Gasteiger partial charge in [-0.25, -0.2) is 9.97 Å². The summed E-state index contributed by atoms with van der Waals surface area (Å²) in [7, 11) is 2.14. The highest BCUT2D eigenvalue weighted by Crippen LogP contribution is 2.25. The number of hydrogen-bond acceptors (Lipinski definition) is 10. The molecule has 11 nitrogen and oxygen atoms in total. The minimum absolute atomic E-state index is 0.214. The van der Waals surface area contributed by atoms with Gasteiger partial charge in [0.25, 0.3) is 0 Å². The predicted molar refractivity (Wildman–Crippen MR) is 142 cm³/mol. The second-order valence-corrected chi connectivity index (χ2v) is 9.40. The van der Waals surface area contributed by atoms with Crippen LogP contribution in [-0.2, 0) is 4.74 Å². The molecule has 6 rings (SSSR count). The molecule has 2 aliphatic heterocycles. The number of anilines is 5. The Labute approximate surface area is 215 Å². The summed E-state index contributed by atoms with van der Waals surface area (Å²) in [4.78, 5) is 22.9. The number of likely N-dealkylation sites (tertiary alicyclic amines) is 1. The van der Waals surface area contributed by atoms with E-state index in [0.29, 0.717) is 30.9 Å². The Hall–Kier alpha value is -3.96. The van der Waals surface area contributed by atoms with Crippen molar-refractivity contribution in [3.63, 3.8) is 0 Å². The van der Waals surface area contributed by atoms with Crippen LogP contribution < -0.4 is 20.3 Å². The number of fused-ring (bicyclic) bond motifs is 1. The third-order valence-corrected chi connectivity index (χ3v) is 6.66. The van der Waals surface area contributed by atoms with Gasteiger partial charge in [0.15, 0.2) is 0 Å². The molecule has 0 spiro atoms. The van der Waals surface area contributed by atoms with Crippen molar-refractivity contribution in [2.45, 2.75) is 18.9 Å². The average molecular weight is 502 g/mol. The molecule has 0 bridgehead atoms. The molecule has 2 fully saturated rings. The highest BCUT2D eigenvalue weighted by atomic mass is 16.5. The summed E-state index contributed by atoms with van der Waals surface area (Å²) < 4.78 is 13.6. The third-order valence-electron chi connectivity index (χ3n) is 6.66. The van der Waals surface area contributed by atoms with E-state index in [1.807, 2.05) is 47.1 Å². The third kappa shape index (κ3) is 5.73. The quantitative estimate of drug-likeness (QED) is 0.392. The van der Waals surface area contributed by atoms with Crippen molar-refractivity contribution >= 4 is 34.6 Å². The molecule has 2 saturated heterocycles. The maximum absolute atomic E-state index is 6.09. The first kappa shape index (κ1) is 23.4. The maximum atomic E-state index is 6.09. The summed E-state index contributed by atoms with van der Waals surface area (Å²) in [5, 5.41) is 6.72. The van der Waals surface area contributed by atoms with E-state index >= 15 is 0 Å². The number of piperidine rings is 1. The van der Waals surface area contributed by atoms with Gasteiger partial charge in [-0.15, -0.1) is 0 Å². The molecule has 37 heavy (non-hydrogen) atoms. The second kappa shape index (κ2) is 10.6. The van der Waals surface area contributed by atoms with Crippen molar-refractivity contribution in [2.75, 3.05) is 62.0 Å². The van der Waals surface area contributed by atoms with Crippen LogP contribution in [0.4, 0.5) is 29.0 Å². The number of rotatable bonds is 7. The molecule has 2 N–H and O–H groups in total. The molecule has 0 aromatic carbocycles. The van der Waals surface area contributed by atoms with Crippen LogP contribution in [0.5, 0.6) is 5.88 Å². The van der Waals surface area contributed by atoms with E-state index in [1.165, 1.54) is 0 Å². The Bertz CT molecular complexity index is 1330. The minimum Gasteiger partial charge on any atom is -0.474 e. The van der Waals surface area contributed by atoms with Crippen molar-refractivity contribution in [1.29, 1.82) is 0 Å². The zero-order valence-corrected chi connectivity index (χ0v) is 20.9. The molecule has 0 unspecified atom stereocenters. The SMILES string of the molecule is CN1CCC(Oc2ccc(Nc3nc(Nc4ccn5ccnc5c4)cc(N4CCOCC4)n3)cn2)CC1. The monoisotopic (exact) mass is 501 g/mol. The number of morpholine rings is 1. The fourth-order valence-electron chi connectivity index (χ4n) is 4.57. The first-order valence-electron chi connectivity index (χ1n) is 12.7. The molecule has 0 aliphatic carbocycles. The largest absolute Gasteiger partial charge is 0.474 e. The topological polar surface area (TPSA) is 105 Å². The first-order valence-corrected chi connectivity index (χ1v) is 12.7. The van der Waals surface area contributed by atoms with Gasteiger partial charge in [0.05, 0.1) is 25.1 Å². The van der Waals surface area contributed by atoms with Crippen molar-refractivity contribution in [3.8, 4) is 5.88 Å². The summed E-state index contributed by atoms with van der Waals surface area (Å²) in [5.74, 6) is 2.64. The van der Waals surface area contributed by atoms with E-state index in [0.717, 1.165) is 61.9 Å². The molecule has 6 heterocycles. The molecule has 2 aliphatic rings. The summed E-state index contributed by atoms with van der Waals surface area (Å²) in [6, 6.07) is 9.78. The summed E-state index contributed by atoms with van der Waals surface area (Å²) in [6.45, 7) is 5.01. The lowest BCUT2D eigenvalue weighted by molar-refractivity contribution is 0.110. The van der Waals surface area contributed by atoms with E-state index in [-0.39, 0.29) is 6.10 Å². The Morgan fingerprint density at radius 1 is 0.919 bits per heavy atom. The molecular formula is C26H31N9O2. The van der Waals surface area contributed by atoms with E-state index in [1.54, 1.807) is 12.4 Å².